The number of aromatic nitrogens is 1. The molecule has 4 heteroatoms. The molecule has 0 amide bonds. The molecule has 2 rings (SSSR count). The van der Waals surface area contributed by atoms with Gasteiger partial charge in [-0.25, -0.2) is 4.98 Å². The highest BCUT2D eigenvalue weighted by Crippen LogP contribution is 2.29. The Kier molecular flexibility index (Phi) is 3.30. The first-order valence-corrected chi connectivity index (χ1v) is 5.99. The number of hydrogen-bond acceptors (Lipinski definition) is 4. The lowest BCUT2D eigenvalue weighted by atomic mass is 9.81. The van der Waals surface area contributed by atoms with Crippen LogP contribution in [0.4, 0.5) is 5.82 Å². The number of pyridine rings is 1. The highest BCUT2D eigenvalue weighted by atomic mass is 15.2. The second kappa shape index (κ2) is 4.72. The van der Waals surface area contributed by atoms with Gasteiger partial charge in [-0.1, -0.05) is 6.07 Å². The van der Waals surface area contributed by atoms with E-state index >= 15 is 0 Å². The summed E-state index contributed by atoms with van der Waals surface area (Å²) in [6.07, 6.45) is 5.25. The molecule has 1 saturated carbocycles. The monoisotopic (exact) mass is 230 g/mol. The van der Waals surface area contributed by atoms with Gasteiger partial charge in [0.15, 0.2) is 0 Å². The van der Waals surface area contributed by atoms with Crippen LogP contribution in [-0.4, -0.2) is 23.6 Å². The van der Waals surface area contributed by atoms with Gasteiger partial charge in [-0.3, -0.25) is 0 Å². The van der Waals surface area contributed by atoms with E-state index in [9.17, 15) is 0 Å². The smallest absolute Gasteiger partial charge is 0.128 e. The summed E-state index contributed by atoms with van der Waals surface area (Å²) in [7, 11) is 2.06. The van der Waals surface area contributed by atoms with Gasteiger partial charge in [0, 0.05) is 19.3 Å². The van der Waals surface area contributed by atoms with Crippen LogP contribution in [0, 0.1) is 11.3 Å². The van der Waals surface area contributed by atoms with Crippen molar-refractivity contribution in [1.82, 2.24) is 4.98 Å². The van der Waals surface area contributed by atoms with Crippen molar-refractivity contribution in [1.29, 1.82) is 5.26 Å². The molecule has 1 aliphatic carbocycles. The summed E-state index contributed by atoms with van der Waals surface area (Å²) in [5, 5.41) is 8.99. The Hall–Kier alpha value is -1.60. The molecule has 1 aromatic heterocycles. The van der Waals surface area contributed by atoms with Crippen molar-refractivity contribution in [3.05, 3.63) is 24.4 Å². The van der Waals surface area contributed by atoms with Gasteiger partial charge in [0.05, 0.1) is 6.07 Å². The van der Waals surface area contributed by atoms with Gasteiger partial charge < -0.3 is 10.6 Å². The SMILES string of the molecule is CN(c1ccccn1)C1CCC(N)(C#N)CC1. The molecule has 2 N–H and O–H groups in total. The molecule has 0 aliphatic heterocycles. The average molecular weight is 230 g/mol. The molecule has 17 heavy (non-hydrogen) atoms. The molecule has 4 nitrogen and oxygen atoms in total. The van der Waals surface area contributed by atoms with Crippen molar-refractivity contribution in [3.63, 3.8) is 0 Å². The molecule has 0 spiro atoms. The zero-order chi connectivity index (χ0) is 12.3. The van der Waals surface area contributed by atoms with Crippen molar-refractivity contribution in [2.75, 3.05) is 11.9 Å². The molecule has 1 fully saturated rings. The van der Waals surface area contributed by atoms with Crippen LogP contribution < -0.4 is 10.6 Å². The van der Waals surface area contributed by atoms with E-state index in [1.54, 1.807) is 6.20 Å². The first-order valence-electron chi connectivity index (χ1n) is 5.99. The summed E-state index contributed by atoms with van der Waals surface area (Å²) in [6, 6.07) is 8.58. The van der Waals surface area contributed by atoms with E-state index in [4.69, 9.17) is 11.0 Å². The molecule has 1 aromatic rings. The van der Waals surface area contributed by atoms with Crippen molar-refractivity contribution in [2.45, 2.75) is 37.3 Å². The van der Waals surface area contributed by atoms with Gasteiger partial charge in [-0.2, -0.15) is 5.26 Å². The van der Waals surface area contributed by atoms with E-state index in [1.807, 2.05) is 18.2 Å². The summed E-state index contributed by atoms with van der Waals surface area (Å²) in [5.41, 5.74) is 5.35. The van der Waals surface area contributed by atoms with Crippen LogP contribution in [0.25, 0.3) is 0 Å². The van der Waals surface area contributed by atoms with E-state index in [-0.39, 0.29) is 0 Å². The maximum atomic E-state index is 8.99. The second-order valence-electron chi connectivity index (χ2n) is 4.80. The van der Waals surface area contributed by atoms with Crippen LogP contribution in [-0.2, 0) is 0 Å². The maximum absolute atomic E-state index is 8.99. The number of hydrogen-bond donors (Lipinski definition) is 1. The largest absolute Gasteiger partial charge is 0.357 e. The first-order chi connectivity index (χ1) is 8.14. The molecule has 1 heterocycles. The van der Waals surface area contributed by atoms with Crippen LogP contribution in [0.5, 0.6) is 0 Å². The zero-order valence-electron chi connectivity index (χ0n) is 10.1. The normalized spacial score (nSPS) is 28.4. The molecular formula is C13H18N4. The fraction of sp³-hybridized carbons (Fsp3) is 0.538. The maximum Gasteiger partial charge on any atom is 0.128 e. The van der Waals surface area contributed by atoms with Crippen molar-refractivity contribution in [2.24, 2.45) is 5.73 Å². The summed E-state index contributed by atoms with van der Waals surface area (Å²) in [6.45, 7) is 0. The third kappa shape index (κ3) is 2.56. The Balaban J connectivity index is 2.00. The van der Waals surface area contributed by atoms with Crippen LogP contribution in [0.3, 0.4) is 0 Å². The molecule has 0 saturated heterocycles. The van der Waals surface area contributed by atoms with E-state index in [0.717, 1.165) is 31.5 Å². The molecule has 1 aliphatic rings. The predicted molar refractivity (Wildman–Crippen MR) is 67.4 cm³/mol. The Morgan fingerprint density at radius 3 is 2.71 bits per heavy atom. The van der Waals surface area contributed by atoms with Crippen molar-refractivity contribution in [3.8, 4) is 6.07 Å². The number of rotatable bonds is 2. The molecule has 0 bridgehead atoms. The van der Waals surface area contributed by atoms with Crippen LogP contribution in [0.15, 0.2) is 24.4 Å². The molecule has 0 atom stereocenters. The van der Waals surface area contributed by atoms with Crippen LogP contribution in [0.2, 0.25) is 0 Å². The third-order valence-electron chi connectivity index (χ3n) is 3.63. The van der Waals surface area contributed by atoms with E-state index in [1.165, 1.54) is 0 Å². The lowest BCUT2D eigenvalue weighted by molar-refractivity contribution is 0.327. The van der Waals surface area contributed by atoms with Crippen LogP contribution >= 0.6 is 0 Å². The Bertz CT molecular complexity index is 401. The second-order valence-corrected chi connectivity index (χ2v) is 4.80. The number of nitrogens with zero attached hydrogens (tertiary/aromatic N) is 3. The summed E-state index contributed by atoms with van der Waals surface area (Å²) >= 11 is 0. The molecular weight excluding hydrogens is 212 g/mol. The highest BCUT2D eigenvalue weighted by molar-refractivity contribution is 5.38. The Morgan fingerprint density at radius 1 is 1.47 bits per heavy atom. The molecule has 90 valence electrons. The molecule has 0 aromatic carbocycles. The van der Waals surface area contributed by atoms with E-state index in [0.29, 0.717) is 6.04 Å². The quantitative estimate of drug-likeness (QED) is 0.839. The fourth-order valence-electron chi connectivity index (χ4n) is 2.37. The minimum Gasteiger partial charge on any atom is -0.357 e. The number of nitrogens with two attached hydrogens (primary N) is 1. The van der Waals surface area contributed by atoms with Gasteiger partial charge >= 0.3 is 0 Å². The van der Waals surface area contributed by atoms with Gasteiger partial charge in [0.2, 0.25) is 0 Å². The fourth-order valence-corrected chi connectivity index (χ4v) is 2.37. The van der Waals surface area contributed by atoms with Gasteiger partial charge in [-0.15, -0.1) is 0 Å². The topological polar surface area (TPSA) is 65.9 Å². The lowest BCUT2D eigenvalue weighted by Crippen LogP contribution is -2.46. The van der Waals surface area contributed by atoms with Crippen molar-refractivity contribution < 1.29 is 0 Å². The summed E-state index contributed by atoms with van der Waals surface area (Å²) < 4.78 is 0. The van der Waals surface area contributed by atoms with Gasteiger partial charge in [0.1, 0.15) is 11.4 Å². The summed E-state index contributed by atoms with van der Waals surface area (Å²) in [4.78, 5) is 6.53. The van der Waals surface area contributed by atoms with Gasteiger partial charge in [0.25, 0.3) is 0 Å². The van der Waals surface area contributed by atoms with Crippen molar-refractivity contribution >= 4 is 5.82 Å². The van der Waals surface area contributed by atoms with E-state index in [2.05, 4.69) is 23.0 Å². The number of anilines is 1. The minimum absolute atomic E-state index is 0.440. The first kappa shape index (κ1) is 11.9. The predicted octanol–water partition coefficient (Wildman–Crippen LogP) is 1.68. The molecule has 0 unspecified atom stereocenters. The third-order valence-corrected chi connectivity index (χ3v) is 3.63. The molecule has 0 radical (unpaired) electrons. The van der Waals surface area contributed by atoms with Crippen LogP contribution in [0.1, 0.15) is 25.7 Å². The Labute approximate surface area is 102 Å². The average Bonchev–Trinajstić information content (AvgIpc) is 2.40. The minimum atomic E-state index is -0.610. The van der Waals surface area contributed by atoms with E-state index < -0.39 is 5.54 Å². The highest BCUT2D eigenvalue weighted by Gasteiger charge is 2.33. The van der Waals surface area contributed by atoms with Gasteiger partial charge in [-0.05, 0) is 37.8 Å². The lowest BCUT2D eigenvalue weighted by Gasteiger charge is -2.37. The summed E-state index contributed by atoms with van der Waals surface area (Å²) in [5.74, 6) is 0.985. The Morgan fingerprint density at radius 2 is 2.18 bits per heavy atom. The zero-order valence-corrected chi connectivity index (χ0v) is 10.1. The standard InChI is InChI=1S/C13H18N4/c1-17(12-4-2-3-9-16-12)11-5-7-13(15,10-14)8-6-11/h2-4,9,11H,5-8,15H2,1H3. The number of nitriles is 1.